The van der Waals surface area contributed by atoms with Gasteiger partial charge in [-0.1, -0.05) is 30.3 Å². The predicted octanol–water partition coefficient (Wildman–Crippen LogP) is 3.25. The molecule has 0 aromatic heterocycles. The smallest absolute Gasteiger partial charge is 0.272 e. The van der Waals surface area contributed by atoms with Crippen molar-refractivity contribution in [1.82, 2.24) is 10.4 Å². The Hall–Kier alpha value is -5.19. The molecular weight excluding hydrogens is 483 g/mol. The van der Waals surface area contributed by atoms with Crippen molar-refractivity contribution in [3.8, 4) is 0 Å². The summed E-state index contributed by atoms with van der Waals surface area (Å²) in [6.07, 6.45) is 1.94. The van der Waals surface area contributed by atoms with Gasteiger partial charge in [0.25, 0.3) is 23.4 Å². The summed E-state index contributed by atoms with van der Waals surface area (Å²) in [6.45, 7) is 0. The van der Waals surface area contributed by atoms with Gasteiger partial charge in [-0.2, -0.15) is 0 Å². The Labute approximate surface area is 209 Å². The molecule has 3 aromatic rings. The maximum absolute atomic E-state index is 14.2. The highest BCUT2D eigenvalue weighted by Crippen LogP contribution is 2.25. The molecule has 1 aliphatic rings. The molecule has 0 spiro atoms. The fourth-order valence-corrected chi connectivity index (χ4v) is 3.72. The first kappa shape index (κ1) is 24.9. The minimum absolute atomic E-state index is 0.140. The first-order chi connectivity index (χ1) is 17.8. The van der Waals surface area contributed by atoms with E-state index in [0.29, 0.717) is 16.3 Å². The number of para-hydroxylation sites is 1. The quantitative estimate of drug-likeness (QED) is 0.238. The van der Waals surface area contributed by atoms with E-state index in [-0.39, 0.29) is 11.3 Å². The molecule has 1 saturated heterocycles. The maximum Gasteiger partial charge on any atom is 0.272 e. The molecule has 1 unspecified atom stereocenters. The van der Waals surface area contributed by atoms with Crippen LogP contribution in [0, 0.1) is 15.9 Å². The van der Waals surface area contributed by atoms with E-state index in [1.165, 1.54) is 48.5 Å². The van der Waals surface area contributed by atoms with Crippen molar-refractivity contribution in [1.29, 1.82) is 0 Å². The molecule has 0 bridgehead atoms. The van der Waals surface area contributed by atoms with Gasteiger partial charge in [0.15, 0.2) is 0 Å². The van der Waals surface area contributed by atoms with Gasteiger partial charge in [0.1, 0.15) is 11.9 Å². The Kier molecular flexibility index (Phi) is 7.14. The number of nitrogens with zero attached hydrogens (tertiary/aromatic N) is 3. The molecule has 0 aliphatic carbocycles. The standard InChI is InChI=1S/C26H19FN4O6/c27-21-9-5-4-8-20(21)25(34)28-30(23(32)15-12-17-10-13-19(14-11-17)31(36)37)22-16-24(33)29(26(22)35)18-6-2-1-3-7-18/h1-15,22H,16H2,(H,28,34). The van der Waals surface area contributed by atoms with E-state index in [0.717, 1.165) is 17.0 Å². The molecule has 37 heavy (non-hydrogen) atoms. The van der Waals surface area contributed by atoms with Crippen LogP contribution in [0.5, 0.6) is 0 Å². The second kappa shape index (κ2) is 10.6. The Morgan fingerprint density at radius 2 is 1.65 bits per heavy atom. The van der Waals surface area contributed by atoms with Crippen LogP contribution >= 0.6 is 0 Å². The Bertz CT molecular complexity index is 1410. The second-order valence-corrected chi connectivity index (χ2v) is 7.93. The summed E-state index contributed by atoms with van der Waals surface area (Å²) in [6, 6.07) is 17.1. The van der Waals surface area contributed by atoms with Crippen LogP contribution in [0.1, 0.15) is 22.3 Å². The van der Waals surface area contributed by atoms with Gasteiger partial charge in [0.2, 0.25) is 5.91 Å². The van der Waals surface area contributed by atoms with E-state index < -0.39 is 46.8 Å². The van der Waals surface area contributed by atoms with Gasteiger partial charge in [-0.3, -0.25) is 34.7 Å². The number of anilines is 1. The van der Waals surface area contributed by atoms with Crippen LogP contribution in [-0.2, 0) is 14.4 Å². The number of nitrogens with one attached hydrogen (secondary N) is 1. The number of amides is 4. The lowest BCUT2D eigenvalue weighted by Gasteiger charge is -2.27. The number of benzene rings is 3. The van der Waals surface area contributed by atoms with E-state index in [1.54, 1.807) is 30.3 Å². The third-order valence-electron chi connectivity index (χ3n) is 5.55. The fourth-order valence-electron chi connectivity index (χ4n) is 3.72. The fraction of sp³-hybridized carbons (Fsp3) is 0.0769. The highest BCUT2D eigenvalue weighted by atomic mass is 19.1. The lowest BCUT2D eigenvalue weighted by molar-refractivity contribution is -0.384. The lowest BCUT2D eigenvalue weighted by Crippen LogP contribution is -2.54. The zero-order valence-corrected chi connectivity index (χ0v) is 19.1. The van der Waals surface area contributed by atoms with Gasteiger partial charge >= 0.3 is 0 Å². The summed E-state index contributed by atoms with van der Waals surface area (Å²) in [7, 11) is 0. The largest absolute Gasteiger partial charge is 0.274 e. The van der Waals surface area contributed by atoms with Crippen LogP contribution in [0.4, 0.5) is 15.8 Å². The van der Waals surface area contributed by atoms with Crippen LogP contribution in [-0.4, -0.2) is 39.6 Å². The summed E-state index contributed by atoms with van der Waals surface area (Å²) in [4.78, 5) is 63.1. The van der Waals surface area contributed by atoms with Crippen molar-refractivity contribution in [2.24, 2.45) is 0 Å². The van der Waals surface area contributed by atoms with E-state index in [2.05, 4.69) is 5.43 Å². The van der Waals surface area contributed by atoms with Crippen LogP contribution in [0.25, 0.3) is 6.08 Å². The van der Waals surface area contributed by atoms with Gasteiger partial charge < -0.3 is 0 Å². The molecule has 1 fully saturated rings. The summed E-state index contributed by atoms with van der Waals surface area (Å²) >= 11 is 0. The van der Waals surface area contributed by atoms with Gasteiger partial charge in [-0.15, -0.1) is 0 Å². The van der Waals surface area contributed by atoms with E-state index in [4.69, 9.17) is 0 Å². The van der Waals surface area contributed by atoms with Crippen molar-refractivity contribution in [2.45, 2.75) is 12.5 Å². The average Bonchev–Trinajstić information content (AvgIpc) is 3.19. The van der Waals surface area contributed by atoms with Crippen LogP contribution < -0.4 is 10.3 Å². The molecule has 0 radical (unpaired) electrons. The summed E-state index contributed by atoms with van der Waals surface area (Å²) in [5.74, 6) is -4.04. The average molecular weight is 502 g/mol. The van der Waals surface area contributed by atoms with Crippen molar-refractivity contribution >= 4 is 41.1 Å². The van der Waals surface area contributed by atoms with E-state index in [1.807, 2.05) is 0 Å². The molecule has 10 nitrogen and oxygen atoms in total. The highest BCUT2D eigenvalue weighted by molar-refractivity contribution is 6.23. The molecule has 0 saturated carbocycles. The van der Waals surface area contributed by atoms with Gasteiger partial charge in [0, 0.05) is 18.2 Å². The summed E-state index contributed by atoms with van der Waals surface area (Å²) in [5, 5.41) is 11.5. The van der Waals surface area contributed by atoms with Crippen LogP contribution in [0.3, 0.4) is 0 Å². The maximum atomic E-state index is 14.2. The predicted molar refractivity (Wildman–Crippen MR) is 130 cm³/mol. The third-order valence-corrected chi connectivity index (χ3v) is 5.55. The van der Waals surface area contributed by atoms with E-state index >= 15 is 0 Å². The minimum Gasteiger partial charge on any atom is -0.274 e. The number of hydrazine groups is 1. The third kappa shape index (κ3) is 5.40. The molecule has 1 heterocycles. The van der Waals surface area contributed by atoms with Crippen molar-refractivity contribution in [3.63, 3.8) is 0 Å². The number of halogens is 1. The zero-order chi connectivity index (χ0) is 26.5. The second-order valence-electron chi connectivity index (χ2n) is 7.93. The summed E-state index contributed by atoms with van der Waals surface area (Å²) < 4.78 is 14.2. The van der Waals surface area contributed by atoms with E-state index in [9.17, 15) is 33.7 Å². The van der Waals surface area contributed by atoms with Gasteiger partial charge in [0.05, 0.1) is 22.6 Å². The first-order valence-electron chi connectivity index (χ1n) is 11.0. The van der Waals surface area contributed by atoms with Crippen LogP contribution in [0.2, 0.25) is 0 Å². The highest BCUT2D eigenvalue weighted by Gasteiger charge is 2.45. The molecule has 1 N–H and O–H groups in total. The Morgan fingerprint density at radius 3 is 2.30 bits per heavy atom. The van der Waals surface area contributed by atoms with Crippen LogP contribution in [0.15, 0.2) is 84.9 Å². The number of non-ortho nitro benzene ring substituents is 1. The minimum atomic E-state index is -1.39. The number of carbonyl (C=O) groups is 4. The normalized spacial score (nSPS) is 15.2. The molecular formula is C26H19FN4O6. The number of hydrogen-bond acceptors (Lipinski definition) is 6. The number of carbonyl (C=O) groups excluding carboxylic acids is 4. The van der Waals surface area contributed by atoms with Gasteiger partial charge in [-0.25, -0.2) is 14.3 Å². The molecule has 1 atom stereocenters. The monoisotopic (exact) mass is 502 g/mol. The number of nitro benzene ring substituents is 1. The number of nitro groups is 1. The topological polar surface area (TPSA) is 130 Å². The Morgan fingerprint density at radius 1 is 1.00 bits per heavy atom. The number of imide groups is 1. The molecule has 3 aromatic carbocycles. The first-order valence-corrected chi connectivity index (χ1v) is 11.0. The van der Waals surface area contributed by atoms with Crippen molar-refractivity contribution in [2.75, 3.05) is 4.90 Å². The lowest BCUT2D eigenvalue weighted by atomic mass is 10.1. The molecule has 186 valence electrons. The molecule has 4 amide bonds. The number of hydrogen-bond donors (Lipinski definition) is 1. The summed E-state index contributed by atoms with van der Waals surface area (Å²) in [5.41, 5.74) is 2.49. The molecule has 11 heteroatoms. The molecule has 1 aliphatic heterocycles. The van der Waals surface area contributed by atoms with Gasteiger partial charge in [-0.05, 0) is 48.0 Å². The zero-order valence-electron chi connectivity index (χ0n) is 19.1. The van der Waals surface area contributed by atoms with Crippen molar-refractivity contribution in [3.05, 3.63) is 112 Å². The number of rotatable bonds is 6. The Balaban J connectivity index is 1.63. The molecule has 4 rings (SSSR count). The van der Waals surface area contributed by atoms with Crippen molar-refractivity contribution < 1.29 is 28.5 Å². The SMILES string of the molecule is O=C(NN(C(=O)C=Cc1ccc([N+](=O)[O-])cc1)C1CC(=O)N(c2ccccc2)C1=O)c1ccccc1F.